The van der Waals surface area contributed by atoms with Crippen molar-refractivity contribution in [2.75, 3.05) is 0 Å². The minimum Gasteiger partial charge on any atom is -0.410 e. The van der Waals surface area contributed by atoms with Crippen molar-refractivity contribution < 1.29 is 27.5 Å². The molecule has 0 aliphatic heterocycles. The molecule has 0 fully saturated rings. The molecule has 0 aliphatic carbocycles. The first-order valence-corrected chi connectivity index (χ1v) is 4.43. The zero-order valence-corrected chi connectivity index (χ0v) is 8.62. The molecular formula is C10H5F3N2O3. The number of alkyl halides is 3. The predicted molar refractivity (Wildman–Crippen MR) is 51.4 cm³/mol. The van der Waals surface area contributed by atoms with Crippen LogP contribution >= 0.6 is 0 Å². The van der Waals surface area contributed by atoms with E-state index >= 15 is 0 Å². The molecular weight excluding hydrogens is 253 g/mol. The molecule has 0 aromatic heterocycles. The molecule has 1 aromatic carbocycles. The monoisotopic (exact) mass is 258 g/mol. The molecule has 0 spiro atoms. The molecule has 0 saturated heterocycles. The van der Waals surface area contributed by atoms with E-state index in [9.17, 15) is 22.8 Å². The van der Waals surface area contributed by atoms with E-state index in [1.165, 1.54) is 24.3 Å². The van der Waals surface area contributed by atoms with Crippen LogP contribution in [0.5, 0.6) is 5.75 Å². The Morgan fingerprint density at radius 2 is 1.78 bits per heavy atom. The minimum atomic E-state index is -5.16. The van der Waals surface area contributed by atoms with Gasteiger partial charge in [0.25, 0.3) is 0 Å². The quantitative estimate of drug-likeness (QED) is 0.831. The minimum absolute atomic E-state index is 0.0959. The number of amides is 2. The summed E-state index contributed by atoms with van der Waals surface area (Å²) in [5, 5.41) is 9.49. The van der Waals surface area contributed by atoms with Gasteiger partial charge in [0.05, 0.1) is 11.6 Å². The molecule has 8 heteroatoms. The summed E-state index contributed by atoms with van der Waals surface area (Å²) < 4.78 is 39.8. The number of carbonyl (C=O) groups excluding carboxylic acids is 2. The molecule has 1 N–H and O–H groups in total. The summed E-state index contributed by atoms with van der Waals surface area (Å²) in [6.07, 6.45) is -6.72. The Morgan fingerprint density at radius 1 is 1.22 bits per heavy atom. The zero-order valence-electron chi connectivity index (χ0n) is 8.62. The summed E-state index contributed by atoms with van der Waals surface area (Å²) in [7, 11) is 0. The SMILES string of the molecule is N#Cc1ccc(OC(=O)NC(=O)C(F)(F)F)cc1. The van der Waals surface area contributed by atoms with Gasteiger partial charge in [-0.1, -0.05) is 0 Å². The van der Waals surface area contributed by atoms with Gasteiger partial charge in [-0.25, -0.2) is 4.79 Å². The van der Waals surface area contributed by atoms with Crippen LogP contribution in [0.15, 0.2) is 24.3 Å². The summed E-state index contributed by atoms with van der Waals surface area (Å²) >= 11 is 0. The Hall–Kier alpha value is -2.56. The standard InChI is InChI=1S/C10H5F3N2O3/c11-10(12,13)8(16)15-9(17)18-7-3-1-6(5-14)2-4-7/h1-4H,(H,15,16,17). The van der Waals surface area contributed by atoms with Crippen LogP contribution in [0.1, 0.15) is 5.56 Å². The molecule has 1 aromatic rings. The van der Waals surface area contributed by atoms with Gasteiger partial charge in [0.1, 0.15) is 5.75 Å². The largest absolute Gasteiger partial charge is 0.471 e. The third kappa shape index (κ3) is 3.79. The van der Waals surface area contributed by atoms with Crippen LogP contribution in [0.4, 0.5) is 18.0 Å². The van der Waals surface area contributed by atoms with E-state index in [0.717, 1.165) is 5.32 Å². The van der Waals surface area contributed by atoms with Gasteiger partial charge in [0, 0.05) is 0 Å². The zero-order chi connectivity index (χ0) is 13.8. The average Bonchev–Trinajstić information content (AvgIpc) is 2.28. The second-order valence-electron chi connectivity index (χ2n) is 2.98. The molecule has 0 aliphatic rings. The molecule has 0 atom stereocenters. The number of ether oxygens (including phenoxy) is 1. The maximum absolute atomic E-state index is 11.8. The average molecular weight is 258 g/mol. The van der Waals surface area contributed by atoms with Crippen molar-refractivity contribution in [1.29, 1.82) is 5.26 Å². The lowest BCUT2D eigenvalue weighted by Gasteiger charge is -2.07. The van der Waals surface area contributed by atoms with Crippen LogP contribution in [-0.2, 0) is 4.79 Å². The second-order valence-corrected chi connectivity index (χ2v) is 2.98. The van der Waals surface area contributed by atoms with Gasteiger partial charge in [-0.15, -0.1) is 0 Å². The Kier molecular flexibility index (Phi) is 3.89. The maximum Gasteiger partial charge on any atom is 0.471 e. The number of nitrogens with one attached hydrogen (secondary N) is 1. The second kappa shape index (κ2) is 5.18. The third-order valence-corrected chi connectivity index (χ3v) is 1.67. The summed E-state index contributed by atoms with van der Waals surface area (Å²) in [6.45, 7) is 0. The molecule has 1 rings (SSSR count). The number of rotatable bonds is 1. The fourth-order valence-electron chi connectivity index (χ4n) is 0.894. The fraction of sp³-hybridized carbons (Fsp3) is 0.100. The van der Waals surface area contributed by atoms with E-state index in [1.54, 1.807) is 6.07 Å². The topological polar surface area (TPSA) is 79.2 Å². The van der Waals surface area contributed by atoms with Crippen LogP contribution in [0.25, 0.3) is 0 Å². The molecule has 94 valence electrons. The van der Waals surface area contributed by atoms with Gasteiger partial charge in [0.2, 0.25) is 0 Å². The van der Waals surface area contributed by atoms with E-state index in [0.29, 0.717) is 0 Å². The summed E-state index contributed by atoms with van der Waals surface area (Å²) in [5.41, 5.74) is 0.286. The summed E-state index contributed by atoms with van der Waals surface area (Å²) in [4.78, 5) is 21.3. The fourth-order valence-corrected chi connectivity index (χ4v) is 0.894. The third-order valence-electron chi connectivity index (χ3n) is 1.67. The van der Waals surface area contributed by atoms with Crippen LogP contribution in [0.2, 0.25) is 0 Å². The number of carbonyl (C=O) groups is 2. The Balaban J connectivity index is 2.60. The first kappa shape index (κ1) is 13.5. The van der Waals surface area contributed by atoms with Gasteiger partial charge in [0.15, 0.2) is 0 Å². The normalized spacial score (nSPS) is 10.3. The van der Waals surface area contributed by atoms with Gasteiger partial charge >= 0.3 is 18.2 Å². The number of hydrogen-bond donors (Lipinski definition) is 1. The van der Waals surface area contributed by atoms with Crippen molar-refractivity contribution in [3.63, 3.8) is 0 Å². The first-order chi connectivity index (χ1) is 8.32. The molecule has 0 radical (unpaired) electrons. The lowest BCUT2D eigenvalue weighted by Crippen LogP contribution is -2.41. The van der Waals surface area contributed by atoms with Crippen LogP contribution in [-0.4, -0.2) is 18.2 Å². The van der Waals surface area contributed by atoms with Crippen LogP contribution in [0, 0.1) is 11.3 Å². The lowest BCUT2D eigenvalue weighted by atomic mass is 10.2. The number of nitriles is 1. The highest BCUT2D eigenvalue weighted by Crippen LogP contribution is 2.15. The van der Waals surface area contributed by atoms with Gasteiger partial charge in [-0.3, -0.25) is 10.1 Å². The van der Waals surface area contributed by atoms with Gasteiger partial charge in [-0.05, 0) is 24.3 Å². The van der Waals surface area contributed by atoms with Crippen molar-refractivity contribution in [2.24, 2.45) is 0 Å². The molecule has 0 heterocycles. The smallest absolute Gasteiger partial charge is 0.410 e. The Morgan fingerprint density at radius 3 is 2.22 bits per heavy atom. The van der Waals surface area contributed by atoms with Gasteiger partial charge in [-0.2, -0.15) is 18.4 Å². The molecule has 2 amide bonds. The number of benzene rings is 1. The van der Waals surface area contributed by atoms with Crippen LogP contribution < -0.4 is 10.1 Å². The van der Waals surface area contributed by atoms with Gasteiger partial charge < -0.3 is 4.74 Å². The van der Waals surface area contributed by atoms with E-state index in [2.05, 4.69) is 4.74 Å². The summed E-state index contributed by atoms with van der Waals surface area (Å²) in [5.74, 6) is -2.51. The molecule has 18 heavy (non-hydrogen) atoms. The van der Waals surface area contributed by atoms with Crippen molar-refractivity contribution in [1.82, 2.24) is 5.32 Å². The lowest BCUT2D eigenvalue weighted by molar-refractivity contribution is -0.172. The number of imide groups is 1. The highest BCUT2D eigenvalue weighted by atomic mass is 19.4. The highest BCUT2D eigenvalue weighted by molar-refractivity contribution is 5.95. The highest BCUT2D eigenvalue weighted by Gasteiger charge is 2.40. The van der Waals surface area contributed by atoms with E-state index in [4.69, 9.17) is 5.26 Å². The first-order valence-electron chi connectivity index (χ1n) is 4.43. The molecule has 0 saturated carbocycles. The van der Waals surface area contributed by atoms with Crippen LogP contribution in [0.3, 0.4) is 0 Å². The molecule has 0 bridgehead atoms. The Bertz CT molecular complexity index is 503. The predicted octanol–water partition coefficient (Wildman–Crippen LogP) is 1.74. The maximum atomic E-state index is 11.8. The van der Waals surface area contributed by atoms with Crippen molar-refractivity contribution in [2.45, 2.75) is 6.18 Å². The summed E-state index contributed by atoms with van der Waals surface area (Å²) in [6, 6.07) is 6.81. The van der Waals surface area contributed by atoms with E-state index < -0.39 is 18.2 Å². The van der Waals surface area contributed by atoms with Crippen molar-refractivity contribution in [3.05, 3.63) is 29.8 Å². The van der Waals surface area contributed by atoms with E-state index in [-0.39, 0.29) is 11.3 Å². The number of nitrogens with zero attached hydrogens (tertiary/aromatic N) is 1. The number of hydrogen-bond acceptors (Lipinski definition) is 4. The number of halogens is 3. The van der Waals surface area contributed by atoms with E-state index in [1.807, 2.05) is 0 Å². The Labute approximate surface area is 98.8 Å². The molecule has 5 nitrogen and oxygen atoms in total. The van der Waals surface area contributed by atoms with Crippen molar-refractivity contribution in [3.8, 4) is 11.8 Å². The van der Waals surface area contributed by atoms with Crippen molar-refractivity contribution >= 4 is 12.0 Å². The molecule has 0 unspecified atom stereocenters.